The summed E-state index contributed by atoms with van der Waals surface area (Å²) < 4.78 is 5.78. The van der Waals surface area contributed by atoms with E-state index >= 15 is 0 Å². The van der Waals surface area contributed by atoms with Gasteiger partial charge in [-0.1, -0.05) is 18.2 Å². The number of nitrogens with zero attached hydrogens (tertiary/aromatic N) is 1. The number of ether oxygens (including phenoxy) is 1. The van der Waals surface area contributed by atoms with Crippen LogP contribution in [0, 0.1) is 0 Å². The van der Waals surface area contributed by atoms with Crippen LogP contribution < -0.4 is 4.74 Å². The quantitative estimate of drug-likeness (QED) is 0.887. The summed E-state index contributed by atoms with van der Waals surface area (Å²) in [6, 6.07) is 7.51. The number of carbonyl (C=O) groups is 1. The molecule has 1 aromatic carbocycles. The lowest BCUT2D eigenvalue weighted by Gasteiger charge is -2.23. The summed E-state index contributed by atoms with van der Waals surface area (Å²) in [4.78, 5) is 13.2. The molecule has 1 aliphatic heterocycles. The smallest absolute Gasteiger partial charge is 0.320 e. The first-order valence-electron chi connectivity index (χ1n) is 6.79. The van der Waals surface area contributed by atoms with Gasteiger partial charge in [-0.3, -0.25) is 9.69 Å². The number of para-hydroxylation sites is 1. The van der Waals surface area contributed by atoms with Gasteiger partial charge in [0.2, 0.25) is 0 Å². The monoisotopic (exact) mass is 263 g/mol. The molecule has 1 aliphatic rings. The van der Waals surface area contributed by atoms with Gasteiger partial charge < -0.3 is 9.84 Å². The fourth-order valence-electron chi connectivity index (χ4n) is 2.52. The lowest BCUT2D eigenvalue weighted by atomic mass is 10.1. The van der Waals surface area contributed by atoms with Crippen molar-refractivity contribution < 1.29 is 14.6 Å². The minimum Gasteiger partial charge on any atom is -0.491 e. The number of hydrogen-bond donors (Lipinski definition) is 1. The molecule has 1 N–H and O–H groups in total. The SMILES string of the molecule is CC(C)Oc1ccccc1CN1CCC[C@@H]1C(=O)O. The first-order chi connectivity index (χ1) is 9.08. The number of hydrogen-bond acceptors (Lipinski definition) is 3. The molecule has 4 heteroatoms. The molecule has 1 saturated heterocycles. The maximum absolute atomic E-state index is 11.2. The summed E-state index contributed by atoms with van der Waals surface area (Å²) >= 11 is 0. The second-order valence-electron chi connectivity index (χ2n) is 5.24. The Bertz CT molecular complexity index is 445. The molecule has 0 bridgehead atoms. The van der Waals surface area contributed by atoms with Crippen molar-refractivity contribution in [2.45, 2.75) is 45.4 Å². The maximum Gasteiger partial charge on any atom is 0.320 e. The predicted octanol–water partition coefficient (Wildman–Crippen LogP) is 2.52. The van der Waals surface area contributed by atoms with Crippen LogP contribution in [0.1, 0.15) is 32.3 Å². The molecule has 4 nitrogen and oxygen atoms in total. The molecule has 19 heavy (non-hydrogen) atoms. The lowest BCUT2D eigenvalue weighted by Crippen LogP contribution is -2.35. The van der Waals surface area contributed by atoms with Gasteiger partial charge in [0.1, 0.15) is 11.8 Å². The van der Waals surface area contributed by atoms with Gasteiger partial charge in [0.15, 0.2) is 0 Å². The highest BCUT2D eigenvalue weighted by molar-refractivity contribution is 5.73. The molecule has 0 aromatic heterocycles. The Balaban J connectivity index is 2.12. The Labute approximate surface area is 114 Å². The fourth-order valence-corrected chi connectivity index (χ4v) is 2.52. The van der Waals surface area contributed by atoms with E-state index in [1.165, 1.54) is 0 Å². The van der Waals surface area contributed by atoms with Crippen LogP contribution in [0.5, 0.6) is 5.75 Å². The lowest BCUT2D eigenvalue weighted by molar-refractivity contribution is -0.142. The third-order valence-electron chi connectivity index (χ3n) is 3.36. The molecule has 104 valence electrons. The average Bonchev–Trinajstić information content (AvgIpc) is 2.79. The van der Waals surface area contributed by atoms with Crippen molar-refractivity contribution in [2.24, 2.45) is 0 Å². The highest BCUT2D eigenvalue weighted by Crippen LogP contribution is 2.25. The van der Waals surface area contributed by atoms with Crippen molar-refractivity contribution in [2.75, 3.05) is 6.54 Å². The highest BCUT2D eigenvalue weighted by atomic mass is 16.5. The normalized spacial score (nSPS) is 19.8. The van der Waals surface area contributed by atoms with Crippen LogP contribution in [0.3, 0.4) is 0 Å². The molecule has 1 atom stereocenters. The minimum atomic E-state index is -0.722. The van der Waals surface area contributed by atoms with Crippen molar-refractivity contribution >= 4 is 5.97 Å². The Morgan fingerprint density at radius 1 is 1.47 bits per heavy atom. The fraction of sp³-hybridized carbons (Fsp3) is 0.533. The zero-order valence-corrected chi connectivity index (χ0v) is 11.5. The van der Waals surface area contributed by atoms with Crippen molar-refractivity contribution in [1.29, 1.82) is 0 Å². The van der Waals surface area contributed by atoms with Crippen molar-refractivity contribution in [1.82, 2.24) is 4.90 Å². The summed E-state index contributed by atoms with van der Waals surface area (Å²) in [6.45, 7) is 5.46. The van der Waals surface area contributed by atoms with E-state index in [1.807, 2.05) is 43.0 Å². The summed E-state index contributed by atoms with van der Waals surface area (Å²) in [5, 5.41) is 9.20. The van der Waals surface area contributed by atoms with E-state index in [0.29, 0.717) is 6.54 Å². The Hall–Kier alpha value is -1.55. The van der Waals surface area contributed by atoms with Crippen LogP contribution >= 0.6 is 0 Å². The van der Waals surface area contributed by atoms with Crippen LogP contribution in [0.2, 0.25) is 0 Å². The van der Waals surface area contributed by atoms with Gasteiger partial charge in [-0.2, -0.15) is 0 Å². The molecular formula is C15H21NO3. The van der Waals surface area contributed by atoms with E-state index in [-0.39, 0.29) is 12.1 Å². The van der Waals surface area contributed by atoms with Gasteiger partial charge in [-0.05, 0) is 39.3 Å². The first-order valence-corrected chi connectivity index (χ1v) is 6.79. The number of carboxylic acids is 1. The highest BCUT2D eigenvalue weighted by Gasteiger charge is 2.30. The molecule has 1 aromatic rings. The third-order valence-corrected chi connectivity index (χ3v) is 3.36. The van der Waals surface area contributed by atoms with E-state index in [0.717, 1.165) is 30.7 Å². The maximum atomic E-state index is 11.2. The van der Waals surface area contributed by atoms with Gasteiger partial charge in [0, 0.05) is 12.1 Å². The van der Waals surface area contributed by atoms with Gasteiger partial charge in [-0.25, -0.2) is 0 Å². The number of benzene rings is 1. The molecule has 0 unspecified atom stereocenters. The molecule has 0 spiro atoms. The molecule has 0 amide bonds. The van der Waals surface area contributed by atoms with Gasteiger partial charge in [-0.15, -0.1) is 0 Å². The second-order valence-corrected chi connectivity index (χ2v) is 5.24. The molecule has 0 saturated carbocycles. The third kappa shape index (κ3) is 3.47. The van der Waals surface area contributed by atoms with E-state index in [2.05, 4.69) is 0 Å². The van der Waals surface area contributed by atoms with Crippen LogP contribution in [0.25, 0.3) is 0 Å². The summed E-state index contributed by atoms with van der Waals surface area (Å²) in [7, 11) is 0. The number of carboxylic acid groups (broad SMARTS) is 1. The predicted molar refractivity (Wildman–Crippen MR) is 73.3 cm³/mol. The second kappa shape index (κ2) is 6.06. The van der Waals surface area contributed by atoms with Crippen molar-refractivity contribution in [3.8, 4) is 5.75 Å². The Kier molecular flexibility index (Phi) is 4.43. The summed E-state index contributed by atoms with van der Waals surface area (Å²) in [6.07, 6.45) is 1.81. The van der Waals surface area contributed by atoms with E-state index < -0.39 is 5.97 Å². The van der Waals surface area contributed by atoms with Gasteiger partial charge in [0.25, 0.3) is 0 Å². The molecule has 2 rings (SSSR count). The molecule has 0 aliphatic carbocycles. The molecule has 0 radical (unpaired) electrons. The van der Waals surface area contributed by atoms with Crippen LogP contribution in [-0.2, 0) is 11.3 Å². The molecular weight excluding hydrogens is 242 g/mol. The first kappa shape index (κ1) is 13.9. The standard InChI is InChI=1S/C15H21NO3/c1-11(2)19-14-8-4-3-6-12(14)10-16-9-5-7-13(16)15(17)18/h3-4,6,8,11,13H,5,7,9-10H2,1-2H3,(H,17,18)/t13-/m1/s1. The topological polar surface area (TPSA) is 49.8 Å². The Morgan fingerprint density at radius 3 is 2.89 bits per heavy atom. The summed E-state index contributed by atoms with van der Waals surface area (Å²) in [5.74, 6) is 0.133. The van der Waals surface area contributed by atoms with Crippen molar-refractivity contribution in [3.05, 3.63) is 29.8 Å². The van der Waals surface area contributed by atoms with Gasteiger partial charge >= 0.3 is 5.97 Å². The molecule has 1 fully saturated rings. The number of likely N-dealkylation sites (tertiary alicyclic amines) is 1. The van der Waals surface area contributed by atoms with Crippen LogP contribution in [-0.4, -0.2) is 34.7 Å². The number of rotatable bonds is 5. The van der Waals surface area contributed by atoms with Crippen LogP contribution in [0.4, 0.5) is 0 Å². The minimum absolute atomic E-state index is 0.120. The van der Waals surface area contributed by atoms with E-state index in [9.17, 15) is 9.90 Å². The summed E-state index contributed by atoms with van der Waals surface area (Å²) in [5.41, 5.74) is 1.06. The Morgan fingerprint density at radius 2 is 2.21 bits per heavy atom. The van der Waals surface area contributed by atoms with Crippen LogP contribution in [0.15, 0.2) is 24.3 Å². The largest absolute Gasteiger partial charge is 0.491 e. The zero-order valence-electron chi connectivity index (χ0n) is 11.5. The zero-order chi connectivity index (χ0) is 13.8. The molecule has 1 heterocycles. The average molecular weight is 263 g/mol. The number of aliphatic carboxylic acids is 1. The van der Waals surface area contributed by atoms with Crippen molar-refractivity contribution in [3.63, 3.8) is 0 Å². The van der Waals surface area contributed by atoms with Gasteiger partial charge in [0.05, 0.1) is 6.10 Å². The van der Waals surface area contributed by atoms with E-state index in [1.54, 1.807) is 0 Å². The van der Waals surface area contributed by atoms with E-state index in [4.69, 9.17) is 4.74 Å².